The SMILES string of the molecule is CC(C)(CO[Si](c1ccccc1)(c1ccccc1)C(C)(C)C)C(N)=CC(N)=Nc1cccc(OCCOC2CCCCO2)c1. The lowest BCUT2D eigenvalue weighted by molar-refractivity contribution is -0.165. The number of benzene rings is 3. The van der Waals surface area contributed by atoms with Crippen LogP contribution in [0.25, 0.3) is 0 Å². The Balaban J connectivity index is 1.46. The molecule has 8 heteroatoms. The fourth-order valence-electron chi connectivity index (χ4n) is 5.49. The fourth-order valence-corrected chi connectivity index (χ4v) is 10.2. The van der Waals surface area contributed by atoms with Crippen molar-refractivity contribution >= 4 is 30.2 Å². The van der Waals surface area contributed by atoms with Crippen molar-refractivity contribution in [2.45, 2.75) is 65.2 Å². The number of rotatable bonds is 13. The van der Waals surface area contributed by atoms with Crippen LogP contribution in [0.15, 0.2) is 102 Å². The Morgan fingerprint density at radius 1 is 0.886 bits per heavy atom. The fraction of sp³-hybridized carbons (Fsp3) is 0.417. The maximum atomic E-state index is 7.16. The molecule has 236 valence electrons. The van der Waals surface area contributed by atoms with Crippen LogP contribution in [0.5, 0.6) is 5.75 Å². The molecule has 1 atom stereocenters. The second kappa shape index (κ2) is 15.0. The molecule has 7 nitrogen and oxygen atoms in total. The lowest BCUT2D eigenvalue weighted by atomic mass is 9.90. The monoisotopic (exact) mass is 615 g/mol. The molecule has 4 rings (SSSR count). The van der Waals surface area contributed by atoms with Gasteiger partial charge in [0.25, 0.3) is 8.32 Å². The molecule has 0 saturated carbocycles. The molecule has 1 unspecified atom stereocenters. The van der Waals surface area contributed by atoms with Crippen molar-refractivity contribution in [1.29, 1.82) is 0 Å². The molecule has 4 N–H and O–H groups in total. The minimum atomic E-state index is -2.71. The normalized spacial score (nSPS) is 17.0. The Morgan fingerprint density at radius 3 is 2.14 bits per heavy atom. The van der Waals surface area contributed by atoms with Crippen LogP contribution in [0.1, 0.15) is 53.9 Å². The molecule has 1 aliphatic rings. The van der Waals surface area contributed by atoms with Crippen molar-refractivity contribution < 1.29 is 18.6 Å². The van der Waals surface area contributed by atoms with Gasteiger partial charge in [-0.3, -0.25) is 0 Å². The third-order valence-corrected chi connectivity index (χ3v) is 13.0. The van der Waals surface area contributed by atoms with Gasteiger partial charge >= 0.3 is 0 Å². The highest BCUT2D eigenvalue weighted by molar-refractivity contribution is 6.99. The van der Waals surface area contributed by atoms with E-state index >= 15 is 0 Å². The van der Waals surface area contributed by atoms with Gasteiger partial charge in [-0.05, 0) is 52.9 Å². The van der Waals surface area contributed by atoms with Gasteiger partial charge in [-0.25, -0.2) is 4.99 Å². The molecule has 1 saturated heterocycles. The van der Waals surface area contributed by atoms with Crippen molar-refractivity contribution in [1.82, 2.24) is 0 Å². The number of ether oxygens (including phenoxy) is 3. The van der Waals surface area contributed by atoms with Crippen molar-refractivity contribution in [3.05, 3.63) is 96.7 Å². The van der Waals surface area contributed by atoms with Gasteiger partial charge in [0, 0.05) is 30.4 Å². The van der Waals surface area contributed by atoms with Crippen molar-refractivity contribution in [3.63, 3.8) is 0 Å². The van der Waals surface area contributed by atoms with Gasteiger partial charge in [-0.1, -0.05) is 101 Å². The molecule has 3 aromatic carbocycles. The summed E-state index contributed by atoms with van der Waals surface area (Å²) in [6.45, 7) is 13.0. The summed E-state index contributed by atoms with van der Waals surface area (Å²) in [5.41, 5.74) is 13.8. The van der Waals surface area contributed by atoms with Crippen LogP contribution in [0.2, 0.25) is 5.04 Å². The molecule has 1 fully saturated rings. The topological polar surface area (TPSA) is 101 Å². The smallest absolute Gasteiger partial charge is 0.261 e. The van der Waals surface area contributed by atoms with E-state index in [2.05, 4.69) is 88.1 Å². The Bertz CT molecular complexity index is 1340. The van der Waals surface area contributed by atoms with Crippen LogP contribution in [-0.4, -0.2) is 46.9 Å². The van der Waals surface area contributed by atoms with E-state index in [0.29, 0.717) is 42.8 Å². The average molecular weight is 616 g/mol. The van der Waals surface area contributed by atoms with Crippen molar-refractivity contribution in [2.75, 3.05) is 26.4 Å². The first-order valence-electron chi connectivity index (χ1n) is 15.5. The molecule has 1 heterocycles. The van der Waals surface area contributed by atoms with E-state index in [0.717, 1.165) is 25.9 Å². The van der Waals surface area contributed by atoms with Gasteiger partial charge in [-0.2, -0.15) is 0 Å². The summed E-state index contributed by atoms with van der Waals surface area (Å²) in [6, 6.07) is 28.7. The zero-order chi connectivity index (χ0) is 31.6. The number of aliphatic imine (C=N–C) groups is 1. The highest BCUT2D eigenvalue weighted by Gasteiger charge is 2.50. The van der Waals surface area contributed by atoms with Crippen molar-refractivity contribution in [2.24, 2.45) is 21.9 Å². The maximum absolute atomic E-state index is 7.16. The molecule has 0 aromatic heterocycles. The molecule has 3 aromatic rings. The van der Waals surface area contributed by atoms with E-state index in [-0.39, 0.29) is 11.3 Å². The summed E-state index contributed by atoms with van der Waals surface area (Å²) in [4.78, 5) is 4.59. The molecular weight excluding hydrogens is 566 g/mol. The van der Waals surface area contributed by atoms with Gasteiger partial charge in [0.2, 0.25) is 0 Å². The van der Waals surface area contributed by atoms with Crippen LogP contribution in [0, 0.1) is 5.41 Å². The van der Waals surface area contributed by atoms with Gasteiger partial charge < -0.3 is 30.1 Å². The standard InChI is InChI=1S/C36H49N3O4Si/c1-35(2,3)44(30-17-8-6-9-18-30,31-19-10-7-11-20-31)43-27-36(4,5)32(37)26-33(38)39-28-15-14-16-29(25-28)40-23-24-42-34-21-12-13-22-41-34/h6-11,14-20,25-26,34H,12-13,21-24,27,37H2,1-5H3,(H2,38,39). The van der Waals surface area contributed by atoms with Crippen LogP contribution in [-0.2, 0) is 13.9 Å². The van der Waals surface area contributed by atoms with Crippen LogP contribution in [0.4, 0.5) is 5.69 Å². The van der Waals surface area contributed by atoms with E-state index in [1.165, 1.54) is 10.4 Å². The van der Waals surface area contributed by atoms with Gasteiger partial charge in [0.1, 0.15) is 18.2 Å². The second-order valence-electron chi connectivity index (χ2n) is 13.0. The Hall–Kier alpha value is -3.43. The first-order valence-corrected chi connectivity index (χ1v) is 17.4. The quantitative estimate of drug-likeness (QED) is 0.105. The summed E-state index contributed by atoms with van der Waals surface area (Å²) in [7, 11) is -2.71. The maximum Gasteiger partial charge on any atom is 0.261 e. The van der Waals surface area contributed by atoms with Crippen molar-refractivity contribution in [3.8, 4) is 5.75 Å². The largest absolute Gasteiger partial charge is 0.491 e. The lowest BCUT2D eigenvalue weighted by Crippen LogP contribution is -2.67. The molecule has 0 amide bonds. The van der Waals surface area contributed by atoms with E-state index in [1.54, 1.807) is 6.08 Å². The predicted octanol–water partition coefficient (Wildman–Crippen LogP) is 6.04. The molecular formula is C36H49N3O4Si. The van der Waals surface area contributed by atoms with E-state index < -0.39 is 13.7 Å². The molecule has 0 aliphatic carbocycles. The summed E-state index contributed by atoms with van der Waals surface area (Å²) < 4.78 is 24.4. The number of hydrogen-bond donors (Lipinski definition) is 2. The summed E-state index contributed by atoms with van der Waals surface area (Å²) in [6.07, 6.45) is 4.78. The minimum absolute atomic E-state index is 0.126. The zero-order valence-electron chi connectivity index (χ0n) is 26.9. The first kappa shape index (κ1) is 33.5. The third kappa shape index (κ3) is 8.60. The third-order valence-electron chi connectivity index (χ3n) is 8.02. The van der Waals surface area contributed by atoms with Gasteiger partial charge in [0.05, 0.1) is 12.3 Å². The summed E-state index contributed by atoms with van der Waals surface area (Å²) in [5.74, 6) is 1.01. The van der Waals surface area contributed by atoms with Crippen LogP contribution < -0.4 is 26.6 Å². The van der Waals surface area contributed by atoms with Gasteiger partial charge in [-0.15, -0.1) is 0 Å². The molecule has 0 bridgehead atoms. The predicted molar refractivity (Wildman–Crippen MR) is 182 cm³/mol. The summed E-state index contributed by atoms with van der Waals surface area (Å²) >= 11 is 0. The highest BCUT2D eigenvalue weighted by Crippen LogP contribution is 2.38. The second-order valence-corrected chi connectivity index (χ2v) is 17.3. The first-order chi connectivity index (χ1) is 21.0. The highest BCUT2D eigenvalue weighted by atomic mass is 28.4. The average Bonchev–Trinajstić information content (AvgIpc) is 3.00. The zero-order valence-corrected chi connectivity index (χ0v) is 27.9. The molecule has 0 spiro atoms. The van der Waals surface area contributed by atoms with Crippen LogP contribution >= 0.6 is 0 Å². The van der Waals surface area contributed by atoms with E-state index in [1.807, 2.05) is 36.4 Å². The van der Waals surface area contributed by atoms with E-state index in [4.69, 9.17) is 30.1 Å². The van der Waals surface area contributed by atoms with Gasteiger partial charge in [0.15, 0.2) is 6.29 Å². The Kier molecular flexibility index (Phi) is 11.4. The number of amidine groups is 1. The van der Waals surface area contributed by atoms with E-state index in [9.17, 15) is 0 Å². The lowest BCUT2D eigenvalue weighted by Gasteiger charge is -2.44. The number of nitrogens with zero attached hydrogens (tertiary/aromatic N) is 1. The molecule has 1 aliphatic heterocycles. The minimum Gasteiger partial charge on any atom is -0.491 e. The van der Waals surface area contributed by atoms with Crippen LogP contribution in [0.3, 0.4) is 0 Å². The summed E-state index contributed by atoms with van der Waals surface area (Å²) in [5, 5.41) is 2.33. The number of nitrogens with two attached hydrogens (primary N) is 2. The molecule has 44 heavy (non-hydrogen) atoms. The number of hydrogen-bond acceptors (Lipinski definition) is 6. The Labute approximate surface area is 264 Å². The Morgan fingerprint density at radius 2 is 1.55 bits per heavy atom. The molecule has 0 radical (unpaired) electrons.